The van der Waals surface area contributed by atoms with E-state index in [0.717, 1.165) is 25.7 Å². The fraction of sp³-hybridized carbons (Fsp3) is 1.00. The Hall–Kier alpha value is 0.110. The quantitative estimate of drug-likeness (QED) is 0.500. The molecule has 0 aliphatic carbocycles. The van der Waals surface area contributed by atoms with Crippen molar-refractivity contribution in [2.24, 2.45) is 0 Å². The molecule has 0 heterocycles. The molecule has 13 heavy (non-hydrogen) atoms. The van der Waals surface area contributed by atoms with Crippen molar-refractivity contribution in [3.8, 4) is 0 Å². The second-order valence-electron chi connectivity index (χ2n) is 3.12. The molecule has 0 aliphatic heterocycles. The Bertz CT molecular complexity index is 166. The van der Waals surface area contributed by atoms with Gasteiger partial charge < -0.3 is 9.79 Å². The normalized spacial score (nSPS) is 14.5. The zero-order valence-corrected chi connectivity index (χ0v) is 9.17. The van der Waals surface area contributed by atoms with Gasteiger partial charge in [-0.3, -0.25) is 4.52 Å². The maximum atomic E-state index is 10.5. The van der Waals surface area contributed by atoms with E-state index in [1.807, 2.05) is 6.92 Å². The van der Waals surface area contributed by atoms with Crippen LogP contribution >= 0.6 is 7.82 Å². The molecule has 0 aliphatic rings. The molecule has 5 heteroatoms. The fourth-order valence-electron chi connectivity index (χ4n) is 1.15. The lowest BCUT2D eigenvalue weighted by Crippen LogP contribution is -2.09. The summed E-state index contributed by atoms with van der Waals surface area (Å²) in [5.74, 6) is 0. The average Bonchev–Trinajstić information content (AvgIpc) is 2.01. The van der Waals surface area contributed by atoms with E-state index in [9.17, 15) is 4.57 Å². The molecule has 0 aromatic heterocycles. The van der Waals surface area contributed by atoms with E-state index in [1.54, 1.807) is 0 Å². The lowest BCUT2D eigenvalue weighted by molar-refractivity contribution is 0.121. The van der Waals surface area contributed by atoms with Gasteiger partial charge in [0.15, 0.2) is 0 Å². The largest absolute Gasteiger partial charge is 0.469 e. The summed E-state index contributed by atoms with van der Waals surface area (Å²) in [5, 5.41) is 0. The Balaban J connectivity index is 3.70. The Morgan fingerprint density at radius 1 is 1.31 bits per heavy atom. The molecule has 0 radical (unpaired) electrons. The Labute approximate surface area is 79.5 Å². The third-order valence-corrected chi connectivity index (χ3v) is 2.44. The van der Waals surface area contributed by atoms with Crippen LogP contribution in [0, 0.1) is 0 Å². The smallest absolute Gasteiger partial charge is 0.303 e. The Morgan fingerprint density at radius 2 is 1.92 bits per heavy atom. The number of hydrogen-bond acceptors (Lipinski definition) is 2. The molecule has 0 aromatic carbocycles. The monoisotopic (exact) mass is 210 g/mol. The van der Waals surface area contributed by atoms with Crippen LogP contribution < -0.4 is 0 Å². The van der Waals surface area contributed by atoms with E-state index in [-0.39, 0.29) is 6.10 Å². The van der Waals surface area contributed by atoms with Crippen molar-refractivity contribution in [1.82, 2.24) is 0 Å². The van der Waals surface area contributed by atoms with E-state index in [4.69, 9.17) is 9.79 Å². The van der Waals surface area contributed by atoms with Crippen molar-refractivity contribution in [3.63, 3.8) is 0 Å². The number of hydrogen-bond donors (Lipinski definition) is 2. The second kappa shape index (κ2) is 6.55. The van der Waals surface area contributed by atoms with E-state index in [2.05, 4.69) is 11.4 Å². The standard InChI is InChI=1S/C8H19O4P/c1-3-5-6-7-8(4-2)12-13(9,10)11/h8H,3-7H2,1-2H3,(H2,9,10,11). The van der Waals surface area contributed by atoms with E-state index in [0.29, 0.717) is 6.42 Å². The maximum Gasteiger partial charge on any atom is 0.469 e. The van der Waals surface area contributed by atoms with Gasteiger partial charge in [0.1, 0.15) is 0 Å². The number of unbranched alkanes of at least 4 members (excludes halogenated alkanes) is 2. The second-order valence-corrected chi connectivity index (χ2v) is 4.31. The molecular formula is C8H19O4P. The molecule has 0 spiro atoms. The minimum Gasteiger partial charge on any atom is -0.303 e. The summed E-state index contributed by atoms with van der Waals surface area (Å²) in [4.78, 5) is 17.1. The van der Waals surface area contributed by atoms with Gasteiger partial charge in [0.25, 0.3) is 0 Å². The lowest BCUT2D eigenvalue weighted by Gasteiger charge is -2.15. The highest BCUT2D eigenvalue weighted by Crippen LogP contribution is 2.39. The summed E-state index contributed by atoms with van der Waals surface area (Å²) in [6.45, 7) is 3.96. The molecule has 4 nitrogen and oxygen atoms in total. The summed E-state index contributed by atoms with van der Waals surface area (Å²) in [6, 6.07) is 0. The van der Waals surface area contributed by atoms with Gasteiger partial charge in [-0.25, -0.2) is 4.57 Å². The van der Waals surface area contributed by atoms with Crippen LogP contribution in [0.25, 0.3) is 0 Å². The van der Waals surface area contributed by atoms with Crippen molar-refractivity contribution >= 4 is 7.82 Å². The van der Waals surface area contributed by atoms with Crippen LogP contribution in [-0.4, -0.2) is 15.9 Å². The maximum absolute atomic E-state index is 10.5. The van der Waals surface area contributed by atoms with Crippen molar-refractivity contribution < 1.29 is 18.9 Å². The molecule has 1 unspecified atom stereocenters. The van der Waals surface area contributed by atoms with Crippen molar-refractivity contribution in [2.45, 2.75) is 52.1 Å². The minimum atomic E-state index is -4.29. The number of phosphoric acid groups is 1. The first-order valence-electron chi connectivity index (χ1n) is 4.73. The van der Waals surface area contributed by atoms with Crippen LogP contribution in [0.5, 0.6) is 0 Å². The third kappa shape index (κ3) is 8.44. The van der Waals surface area contributed by atoms with Crippen LogP contribution in [0.1, 0.15) is 46.0 Å². The minimum absolute atomic E-state index is 0.299. The molecule has 80 valence electrons. The van der Waals surface area contributed by atoms with Crippen LogP contribution in [-0.2, 0) is 9.09 Å². The van der Waals surface area contributed by atoms with E-state index >= 15 is 0 Å². The van der Waals surface area contributed by atoms with Crippen LogP contribution in [0.15, 0.2) is 0 Å². The summed E-state index contributed by atoms with van der Waals surface area (Å²) < 4.78 is 15.1. The van der Waals surface area contributed by atoms with E-state index in [1.165, 1.54) is 0 Å². The first-order chi connectivity index (χ1) is 5.99. The Kier molecular flexibility index (Phi) is 6.60. The topological polar surface area (TPSA) is 66.8 Å². The van der Waals surface area contributed by atoms with Crippen molar-refractivity contribution in [2.75, 3.05) is 0 Å². The predicted octanol–water partition coefficient (Wildman–Crippen LogP) is 2.45. The first-order valence-corrected chi connectivity index (χ1v) is 6.26. The van der Waals surface area contributed by atoms with Gasteiger partial charge in [0, 0.05) is 0 Å². The third-order valence-electron chi connectivity index (χ3n) is 1.87. The number of rotatable bonds is 7. The first kappa shape index (κ1) is 13.1. The molecule has 0 aromatic rings. The highest BCUT2D eigenvalue weighted by atomic mass is 31.2. The highest BCUT2D eigenvalue weighted by Gasteiger charge is 2.20. The molecular weight excluding hydrogens is 191 g/mol. The van der Waals surface area contributed by atoms with Gasteiger partial charge >= 0.3 is 7.82 Å². The number of phosphoric ester groups is 1. The van der Waals surface area contributed by atoms with Gasteiger partial charge in [0.05, 0.1) is 6.10 Å². The van der Waals surface area contributed by atoms with Gasteiger partial charge in [-0.05, 0) is 12.8 Å². The molecule has 0 rings (SSSR count). The lowest BCUT2D eigenvalue weighted by atomic mass is 10.1. The molecule has 0 amide bonds. The zero-order chi connectivity index (χ0) is 10.3. The molecule has 0 saturated heterocycles. The molecule has 0 saturated carbocycles. The molecule has 1 atom stereocenters. The predicted molar refractivity (Wildman–Crippen MR) is 51.4 cm³/mol. The van der Waals surface area contributed by atoms with Crippen molar-refractivity contribution in [3.05, 3.63) is 0 Å². The van der Waals surface area contributed by atoms with Gasteiger partial charge in [-0.15, -0.1) is 0 Å². The Morgan fingerprint density at radius 3 is 2.31 bits per heavy atom. The van der Waals surface area contributed by atoms with Gasteiger partial charge in [0.2, 0.25) is 0 Å². The SMILES string of the molecule is CCCCCC(CC)OP(=O)(O)O. The molecule has 2 N–H and O–H groups in total. The highest BCUT2D eigenvalue weighted by molar-refractivity contribution is 7.46. The summed E-state index contributed by atoms with van der Waals surface area (Å²) in [7, 11) is -4.29. The van der Waals surface area contributed by atoms with Crippen LogP contribution in [0.4, 0.5) is 0 Å². The fourth-order valence-corrected chi connectivity index (χ4v) is 1.79. The summed E-state index contributed by atoms with van der Waals surface area (Å²) in [5.41, 5.74) is 0. The van der Waals surface area contributed by atoms with Gasteiger partial charge in [-0.2, -0.15) is 0 Å². The zero-order valence-electron chi connectivity index (χ0n) is 8.27. The molecule has 0 fully saturated rings. The van der Waals surface area contributed by atoms with Crippen LogP contribution in [0.2, 0.25) is 0 Å². The van der Waals surface area contributed by atoms with E-state index < -0.39 is 7.82 Å². The van der Waals surface area contributed by atoms with Crippen LogP contribution in [0.3, 0.4) is 0 Å². The average molecular weight is 210 g/mol. The molecule has 0 bridgehead atoms. The summed E-state index contributed by atoms with van der Waals surface area (Å²) >= 11 is 0. The summed E-state index contributed by atoms with van der Waals surface area (Å²) in [6.07, 6.45) is 4.24. The van der Waals surface area contributed by atoms with Gasteiger partial charge in [-0.1, -0.05) is 33.1 Å². The van der Waals surface area contributed by atoms with Crippen molar-refractivity contribution in [1.29, 1.82) is 0 Å².